The van der Waals surface area contributed by atoms with Crippen molar-refractivity contribution in [2.75, 3.05) is 11.9 Å². The Morgan fingerprint density at radius 1 is 1.23 bits per heavy atom. The summed E-state index contributed by atoms with van der Waals surface area (Å²) >= 11 is 1.34. The monoisotopic (exact) mass is 377 g/mol. The fourth-order valence-electron chi connectivity index (χ4n) is 4.22. The van der Waals surface area contributed by atoms with Crippen LogP contribution in [-0.2, 0) is 20.7 Å². The maximum Gasteiger partial charge on any atom is 0.341 e. The number of thiophene rings is 1. The van der Waals surface area contributed by atoms with E-state index in [1.807, 2.05) is 26.0 Å². The predicted octanol–water partition coefficient (Wildman–Crippen LogP) is 3.26. The van der Waals surface area contributed by atoms with Gasteiger partial charge in [-0.05, 0) is 44.1 Å². The van der Waals surface area contributed by atoms with Crippen LogP contribution in [0.2, 0.25) is 0 Å². The van der Waals surface area contributed by atoms with E-state index >= 15 is 0 Å². The van der Waals surface area contributed by atoms with E-state index in [4.69, 9.17) is 4.74 Å². The number of amides is 1. The van der Waals surface area contributed by atoms with Gasteiger partial charge in [0.25, 0.3) is 0 Å². The van der Waals surface area contributed by atoms with Crippen molar-refractivity contribution in [1.82, 2.24) is 0 Å². The third-order valence-electron chi connectivity index (χ3n) is 5.33. The van der Waals surface area contributed by atoms with E-state index < -0.39 is 23.8 Å². The van der Waals surface area contributed by atoms with Crippen LogP contribution in [0.3, 0.4) is 0 Å². The molecule has 1 aromatic rings. The lowest BCUT2D eigenvalue weighted by molar-refractivity contribution is -0.146. The smallest absolute Gasteiger partial charge is 0.341 e. The van der Waals surface area contributed by atoms with Gasteiger partial charge in [-0.2, -0.15) is 0 Å². The highest BCUT2D eigenvalue weighted by molar-refractivity contribution is 7.16. The molecule has 2 bridgehead atoms. The molecular formula is C19H23NO5S. The van der Waals surface area contributed by atoms with Crippen LogP contribution >= 0.6 is 11.3 Å². The van der Waals surface area contributed by atoms with Crippen LogP contribution in [0.25, 0.3) is 0 Å². The summed E-state index contributed by atoms with van der Waals surface area (Å²) in [5.41, 5.74) is 1.27. The molecule has 4 atom stereocenters. The van der Waals surface area contributed by atoms with E-state index in [1.54, 1.807) is 6.92 Å². The van der Waals surface area contributed by atoms with Crippen molar-refractivity contribution in [3.63, 3.8) is 0 Å². The van der Waals surface area contributed by atoms with Crippen molar-refractivity contribution in [3.05, 3.63) is 28.2 Å². The highest BCUT2D eigenvalue weighted by atomic mass is 32.1. The van der Waals surface area contributed by atoms with Crippen molar-refractivity contribution in [1.29, 1.82) is 0 Å². The van der Waals surface area contributed by atoms with Gasteiger partial charge in [0.05, 0.1) is 24.0 Å². The lowest BCUT2D eigenvalue weighted by Gasteiger charge is -2.23. The van der Waals surface area contributed by atoms with Crippen molar-refractivity contribution < 1.29 is 24.2 Å². The first kappa shape index (κ1) is 18.6. The maximum atomic E-state index is 12.9. The molecule has 6 nitrogen and oxygen atoms in total. The number of hydrogen-bond acceptors (Lipinski definition) is 5. The van der Waals surface area contributed by atoms with Crippen LogP contribution in [0.15, 0.2) is 12.2 Å². The first-order valence-electron chi connectivity index (χ1n) is 8.90. The second-order valence-electron chi connectivity index (χ2n) is 6.74. The molecule has 3 rings (SSSR count). The van der Waals surface area contributed by atoms with Gasteiger partial charge in [-0.3, -0.25) is 9.59 Å². The highest BCUT2D eigenvalue weighted by Gasteiger charge is 2.51. The van der Waals surface area contributed by atoms with Crippen molar-refractivity contribution >= 4 is 34.2 Å². The summed E-state index contributed by atoms with van der Waals surface area (Å²) in [4.78, 5) is 37.9. The summed E-state index contributed by atoms with van der Waals surface area (Å²) in [5.74, 6) is -3.18. The van der Waals surface area contributed by atoms with E-state index in [-0.39, 0.29) is 24.3 Å². The Labute approximate surface area is 156 Å². The number of allylic oxidation sites excluding steroid dienone is 2. The van der Waals surface area contributed by atoms with Gasteiger partial charge >= 0.3 is 11.9 Å². The minimum Gasteiger partial charge on any atom is -0.481 e. The number of ether oxygens (including phenoxy) is 1. The Bertz CT molecular complexity index is 781. The number of anilines is 1. The molecule has 1 heterocycles. The Kier molecular flexibility index (Phi) is 5.18. The summed E-state index contributed by atoms with van der Waals surface area (Å²) in [6.45, 7) is 5.84. The summed E-state index contributed by atoms with van der Waals surface area (Å²) in [6, 6.07) is 0. The maximum absolute atomic E-state index is 12.9. The minimum absolute atomic E-state index is 0.0566. The molecule has 0 unspecified atom stereocenters. The van der Waals surface area contributed by atoms with Crippen molar-refractivity contribution in [2.24, 2.45) is 23.7 Å². The number of aliphatic carboxylic acids is 1. The highest BCUT2D eigenvalue weighted by Crippen LogP contribution is 2.48. The van der Waals surface area contributed by atoms with Crippen LogP contribution in [0.5, 0.6) is 0 Å². The molecular weight excluding hydrogens is 354 g/mol. The number of esters is 1. The predicted molar refractivity (Wildman–Crippen MR) is 98.4 cm³/mol. The fraction of sp³-hybridized carbons (Fsp3) is 0.526. The van der Waals surface area contributed by atoms with Crippen LogP contribution in [0.4, 0.5) is 5.00 Å². The third-order valence-corrected chi connectivity index (χ3v) is 6.39. The molecule has 0 radical (unpaired) electrons. The molecule has 1 fully saturated rings. The fourth-order valence-corrected chi connectivity index (χ4v) is 5.36. The lowest BCUT2D eigenvalue weighted by atomic mass is 9.82. The van der Waals surface area contributed by atoms with Gasteiger partial charge in [0.2, 0.25) is 5.91 Å². The van der Waals surface area contributed by atoms with Crippen LogP contribution < -0.4 is 5.32 Å². The van der Waals surface area contributed by atoms with E-state index in [9.17, 15) is 19.5 Å². The van der Waals surface area contributed by atoms with Gasteiger partial charge in [-0.1, -0.05) is 19.1 Å². The Hall–Kier alpha value is -2.15. The largest absolute Gasteiger partial charge is 0.481 e. The van der Waals surface area contributed by atoms with Gasteiger partial charge in [0.1, 0.15) is 5.00 Å². The molecule has 7 heteroatoms. The zero-order valence-electron chi connectivity index (χ0n) is 15.1. The molecule has 2 aliphatic carbocycles. The van der Waals surface area contributed by atoms with Gasteiger partial charge in [0.15, 0.2) is 0 Å². The summed E-state index contributed by atoms with van der Waals surface area (Å²) < 4.78 is 5.15. The summed E-state index contributed by atoms with van der Waals surface area (Å²) in [6.07, 6.45) is 5.20. The first-order valence-corrected chi connectivity index (χ1v) is 9.72. The Balaban J connectivity index is 1.89. The number of rotatable bonds is 6. The molecule has 0 spiro atoms. The van der Waals surface area contributed by atoms with E-state index in [0.29, 0.717) is 23.4 Å². The van der Waals surface area contributed by atoms with E-state index in [1.165, 1.54) is 11.3 Å². The standard InChI is InChI=1S/C19H23NO5S/c1-4-12-9(3)26-17(15(12)19(24)25-5-2)20-16(21)13-10-6-7-11(8-10)14(13)18(22)23/h6-7,10-11,13-14H,4-5,8H2,1-3H3,(H,20,21)(H,22,23)/t10-,11-,13-,14+/m0/s1. The number of aryl methyl sites for hydroxylation is 1. The molecule has 2 aliphatic rings. The van der Waals surface area contributed by atoms with Crippen LogP contribution in [-0.4, -0.2) is 29.6 Å². The molecule has 1 saturated carbocycles. The SMILES string of the molecule is CCOC(=O)c1c(NC(=O)[C@@H]2[C@H](C(=O)O)[C@H]3C=C[C@H]2C3)sc(C)c1CC. The first-order chi connectivity index (χ1) is 12.4. The molecule has 0 aromatic carbocycles. The normalized spacial score (nSPS) is 26.1. The summed E-state index contributed by atoms with van der Waals surface area (Å²) in [5, 5.41) is 12.8. The molecule has 26 heavy (non-hydrogen) atoms. The van der Waals surface area contributed by atoms with Gasteiger partial charge < -0.3 is 15.2 Å². The molecule has 1 aromatic heterocycles. The number of carbonyl (C=O) groups excluding carboxylic acids is 2. The summed E-state index contributed by atoms with van der Waals surface area (Å²) in [7, 11) is 0. The topological polar surface area (TPSA) is 92.7 Å². The van der Waals surface area contributed by atoms with Crippen LogP contribution in [0, 0.1) is 30.6 Å². The van der Waals surface area contributed by atoms with Gasteiger partial charge in [0, 0.05) is 4.88 Å². The minimum atomic E-state index is -0.941. The quantitative estimate of drug-likeness (QED) is 0.586. The molecule has 140 valence electrons. The molecule has 1 amide bonds. The molecule has 2 N–H and O–H groups in total. The Morgan fingerprint density at radius 2 is 1.88 bits per heavy atom. The van der Waals surface area contributed by atoms with Crippen LogP contribution in [0.1, 0.15) is 41.1 Å². The zero-order chi connectivity index (χ0) is 19.0. The second-order valence-corrected chi connectivity index (χ2v) is 7.97. The lowest BCUT2D eigenvalue weighted by Crippen LogP contribution is -2.36. The Morgan fingerprint density at radius 3 is 2.46 bits per heavy atom. The molecule has 0 saturated heterocycles. The van der Waals surface area contributed by atoms with Gasteiger partial charge in [-0.15, -0.1) is 11.3 Å². The average Bonchev–Trinajstić information content (AvgIpc) is 3.26. The number of carbonyl (C=O) groups is 3. The van der Waals surface area contributed by atoms with Crippen molar-refractivity contribution in [3.8, 4) is 0 Å². The number of carboxylic acid groups (broad SMARTS) is 1. The second kappa shape index (κ2) is 7.23. The van der Waals surface area contributed by atoms with Crippen molar-refractivity contribution in [2.45, 2.75) is 33.6 Å². The van der Waals surface area contributed by atoms with E-state index in [2.05, 4.69) is 5.32 Å². The number of fused-ring (bicyclic) bond motifs is 2. The zero-order valence-corrected chi connectivity index (χ0v) is 15.9. The third kappa shape index (κ3) is 3.05. The van der Waals surface area contributed by atoms with Gasteiger partial charge in [-0.25, -0.2) is 4.79 Å². The molecule has 0 aliphatic heterocycles. The number of carboxylic acids is 1. The average molecular weight is 377 g/mol. The number of hydrogen-bond donors (Lipinski definition) is 2. The van der Waals surface area contributed by atoms with E-state index in [0.717, 1.165) is 10.4 Å². The number of nitrogens with one attached hydrogen (secondary N) is 1.